The molecule has 2 atom stereocenters. The molecule has 0 heteroatoms. The monoisotopic (exact) mass is 182 g/mol. The van der Waals surface area contributed by atoms with Crippen molar-refractivity contribution in [3.63, 3.8) is 0 Å². The summed E-state index contributed by atoms with van der Waals surface area (Å²) in [5.74, 6) is 3.93. The first-order chi connectivity index (χ1) is 6.08. The Morgan fingerprint density at radius 3 is 1.54 bits per heavy atom. The van der Waals surface area contributed by atoms with Crippen LogP contribution in [0.1, 0.15) is 59.8 Å². The van der Waals surface area contributed by atoms with Gasteiger partial charge >= 0.3 is 0 Å². The number of rotatable bonds is 4. The molecule has 0 aromatic heterocycles. The lowest BCUT2D eigenvalue weighted by atomic mass is 9.92. The summed E-state index contributed by atoms with van der Waals surface area (Å²) < 4.78 is 0. The number of hydrogen-bond acceptors (Lipinski definition) is 0. The normalized spacial score (nSPS) is 29.1. The van der Waals surface area contributed by atoms with Crippen molar-refractivity contribution in [1.29, 1.82) is 0 Å². The van der Waals surface area contributed by atoms with Crippen LogP contribution in [-0.2, 0) is 0 Å². The standard InChI is InChI=1S/C13H26/c1-10(2)7-12-5-6-13(9-12)8-11(3)4/h10-13H,5-9H2,1-4H3/t12-,13-/m0/s1. The first kappa shape index (κ1) is 11.1. The van der Waals surface area contributed by atoms with E-state index >= 15 is 0 Å². The first-order valence-corrected chi connectivity index (χ1v) is 6.08. The van der Waals surface area contributed by atoms with Gasteiger partial charge in [0.25, 0.3) is 0 Å². The zero-order chi connectivity index (χ0) is 9.84. The maximum Gasteiger partial charge on any atom is -0.0409 e. The smallest absolute Gasteiger partial charge is 0.0409 e. The van der Waals surface area contributed by atoms with E-state index in [0.717, 1.165) is 23.7 Å². The maximum absolute atomic E-state index is 2.36. The molecule has 13 heavy (non-hydrogen) atoms. The molecule has 0 aromatic rings. The van der Waals surface area contributed by atoms with Crippen LogP contribution in [0, 0.1) is 23.7 Å². The van der Waals surface area contributed by atoms with Crippen LogP contribution in [-0.4, -0.2) is 0 Å². The summed E-state index contributed by atoms with van der Waals surface area (Å²) in [6, 6.07) is 0. The summed E-state index contributed by atoms with van der Waals surface area (Å²) >= 11 is 0. The SMILES string of the molecule is CC(C)C[C@@H]1CC[C@@H](CC(C)C)C1. The lowest BCUT2D eigenvalue weighted by molar-refractivity contribution is 0.372. The van der Waals surface area contributed by atoms with Crippen molar-refractivity contribution < 1.29 is 0 Å². The van der Waals surface area contributed by atoms with E-state index in [-0.39, 0.29) is 0 Å². The minimum atomic E-state index is 0.905. The van der Waals surface area contributed by atoms with Gasteiger partial charge in [0.15, 0.2) is 0 Å². The van der Waals surface area contributed by atoms with Gasteiger partial charge < -0.3 is 0 Å². The van der Waals surface area contributed by atoms with Gasteiger partial charge in [-0.3, -0.25) is 0 Å². The lowest BCUT2D eigenvalue weighted by Crippen LogP contribution is -2.03. The van der Waals surface area contributed by atoms with E-state index in [4.69, 9.17) is 0 Å². The molecule has 0 radical (unpaired) electrons. The summed E-state index contributed by atoms with van der Waals surface area (Å²) in [7, 11) is 0. The quantitative estimate of drug-likeness (QED) is 0.600. The second kappa shape index (κ2) is 5.02. The summed E-state index contributed by atoms with van der Waals surface area (Å²) in [6.45, 7) is 9.43. The molecule has 1 aliphatic carbocycles. The third kappa shape index (κ3) is 4.15. The van der Waals surface area contributed by atoms with Gasteiger partial charge in [-0.1, -0.05) is 40.5 Å². The zero-order valence-corrected chi connectivity index (χ0v) is 9.84. The van der Waals surface area contributed by atoms with E-state index in [2.05, 4.69) is 27.7 Å². The topological polar surface area (TPSA) is 0 Å². The second-order valence-corrected chi connectivity index (χ2v) is 5.80. The molecule has 0 amide bonds. The van der Waals surface area contributed by atoms with Crippen LogP contribution in [0.4, 0.5) is 0 Å². The molecule has 0 nitrogen and oxygen atoms in total. The summed E-state index contributed by atoms with van der Waals surface area (Å²) in [4.78, 5) is 0. The molecule has 1 aliphatic rings. The second-order valence-electron chi connectivity index (χ2n) is 5.80. The Morgan fingerprint density at radius 2 is 1.23 bits per heavy atom. The Morgan fingerprint density at radius 1 is 0.846 bits per heavy atom. The first-order valence-electron chi connectivity index (χ1n) is 6.08. The molecule has 0 saturated heterocycles. The third-order valence-electron chi connectivity index (χ3n) is 3.26. The Balaban J connectivity index is 2.20. The van der Waals surface area contributed by atoms with Crippen LogP contribution < -0.4 is 0 Å². The molecule has 1 rings (SSSR count). The fourth-order valence-electron chi connectivity index (χ4n) is 2.94. The maximum atomic E-state index is 2.36. The summed E-state index contributed by atoms with van der Waals surface area (Å²) in [5.41, 5.74) is 0. The van der Waals surface area contributed by atoms with E-state index < -0.39 is 0 Å². The van der Waals surface area contributed by atoms with Gasteiger partial charge in [0, 0.05) is 0 Å². The Bertz CT molecular complexity index is 119. The fourth-order valence-corrected chi connectivity index (χ4v) is 2.94. The predicted molar refractivity (Wildman–Crippen MR) is 59.7 cm³/mol. The highest BCUT2D eigenvalue weighted by molar-refractivity contribution is 4.76. The van der Waals surface area contributed by atoms with Crippen molar-refractivity contribution in [3.05, 3.63) is 0 Å². The highest BCUT2D eigenvalue weighted by Crippen LogP contribution is 2.37. The van der Waals surface area contributed by atoms with Crippen molar-refractivity contribution in [2.24, 2.45) is 23.7 Å². The molecule has 1 fully saturated rings. The average Bonchev–Trinajstić information content (AvgIpc) is 2.33. The van der Waals surface area contributed by atoms with Crippen molar-refractivity contribution >= 4 is 0 Å². The van der Waals surface area contributed by atoms with Crippen LogP contribution in [0.3, 0.4) is 0 Å². The molecule has 0 unspecified atom stereocenters. The fraction of sp³-hybridized carbons (Fsp3) is 1.00. The summed E-state index contributed by atoms with van der Waals surface area (Å²) in [6.07, 6.45) is 7.48. The van der Waals surface area contributed by atoms with E-state index in [1.54, 1.807) is 0 Å². The van der Waals surface area contributed by atoms with Crippen LogP contribution >= 0.6 is 0 Å². The van der Waals surface area contributed by atoms with E-state index in [1.807, 2.05) is 0 Å². The molecule has 0 heterocycles. The summed E-state index contributed by atoms with van der Waals surface area (Å²) in [5, 5.41) is 0. The molecule has 0 aromatic carbocycles. The van der Waals surface area contributed by atoms with Gasteiger partial charge in [-0.15, -0.1) is 0 Å². The van der Waals surface area contributed by atoms with Gasteiger partial charge in [0.1, 0.15) is 0 Å². The Labute approximate surface area is 84.1 Å². The van der Waals surface area contributed by atoms with Crippen LogP contribution in [0.25, 0.3) is 0 Å². The van der Waals surface area contributed by atoms with Gasteiger partial charge in [-0.25, -0.2) is 0 Å². The largest absolute Gasteiger partial charge is 0.0628 e. The molecular weight excluding hydrogens is 156 g/mol. The molecule has 1 saturated carbocycles. The van der Waals surface area contributed by atoms with E-state index in [0.29, 0.717) is 0 Å². The van der Waals surface area contributed by atoms with E-state index in [9.17, 15) is 0 Å². The van der Waals surface area contributed by atoms with Crippen LogP contribution in [0.15, 0.2) is 0 Å². The molecule has 0 spiro atoms. The van der Waals surface area contributed by atoms with Gasteiger partial charge in [0.2, 0.25) is 0 Å². The Kier molecular flexibility index (Phi) is 4.28. The van der Waals surface area contributed by atoms with Crippen molar-refractivity contribution in [1.82, 2.24) is 0 Å². The average molecular weight is 182 g/mol. The molecule has 78 valence electrons. The highest BCUT2D eigenvalue weighted by Gasteiger charge is 2.25. The van der Waals surface area contributed by atoms with Crippen molar-refractivity contribution in [2.45, 2.75) is 59.8 Å². The van der Waals surface area contributed by atoms with Gasteiger partial charge in [-0.05, 0) is 42.9 Å². The van der Waals surface area contributed by atoms with Gasteiger partial charge in [0.05, 0.1) is 0 Å². The van der Waals surface area contributed by atoms with Crippen LogP contribution in [0.2, 0.25) is 0 Å². The molecular formula is C13H26. The van der Waals surface area contributed by atoms with Gasteiger partial charge in [-0.2, -0.15) is 0 Å². The number of hydrogen-bond donors (Lipinski definition) is 0. The zero-order valence-electron chi connectivity index (χ0n) is 9.84. The van der Waals surface area contributed by atoms with Crippen molar-refractivity contribution in [2.75, 3.05) is 0 Å². The Hall–Kier alpha value is 0. The van der Waals surface area contributed by atoms with Crippen molar-refractivity contribution in [3.8, 4) is 0 Å². The minimum absolute atomic E-state index is 0.905. The minimum Gasteiger partial charge on any atom is -0.0628 e. The molecule has 0 bridgehead atoms. The predicted octanol–water partition coefficient (Wildman–Crippen LogP) is 4.49. The molecule has 0 aliphatic heterocycles. The third-order valence-corrected chi connectivity index (χ3v) is 3.26. The van der Waals surface area contributed by atoms with Crippen LogP contribution in [0.5, 0.6) is 0 Å². The van der Waals surface area contributed by atoms with E-state index in [1.165, 1.54) is 32.1 Å². The highest BCUT2D eigenvalue weighted by atomic mass is 14.3. The molecule has 0 N–H and O–H groups in total. The lowest BCUT2D eigenvalue weighted by Gasteiger charge is -2.14.